The van der Waals surface area contributed by atoms with Gasteiger partial charge >= 0.3 is 0 Å². The second kappa shape index (κ2) is 5.54. The lowest BCUT2D eigenvalue weighted by molar-refractivity contribution is -0.122. The van der Waals surface area contributed by atoms with Crippen molar-refractivity contribution in [2.45, 2.75) is 30.2 Å². The number of hydrogen-bond acceptors (Lipinski definition) is 4. The van der Waals surface area contributed by atoms with Crippen molar-refractivity contribution >= 4 is 15.9 Å². The molecule has 1 aromatic heterocycles. The average Bonchev–Trinajstić information content (AvgIpc) is 2.55. The van der Waals surface area contributed by atoms with E-state index in [1.54, 1.807) is 0 Å². The number of carbonyl (C=O) groups excluding carboxylic acids is 1. The zero-order valence-electron chi connectivity index (χ0n) is 10.2. The summed E-state index contributed by atoms with van der Waals surface area (Å²) < 4.78 is 26.4. The maximum absolute atomic E-state index is 12.1. The topological polar surface area (TPSA) is 108 Å². The molecule has 0 aliphatic carbocycles. The summed E-state index contributed by atoms with van der Waals surface area (Å²) in [6.07, 6.45) is 4.45. The summed E-state index contributed by atoms with van der Waals surface area (Å²) in [6, 6.07) is 0.300. The van der Waals surface area contributed by atoms with Crippen LogP contribution in [-0.4, -0.2) is 31.9 Å². The van der Waals surface area contributed by atoms with Crippen molar-refractivity contribution in [3.8, 4) is 0 Å². The van der Waals surface area contributed by atoms with E-state index in [9.17, 15) is 18.0 Å². The third-order valence-electron chi connectivity index (χ3n) is 2.91. The van der Waals surface area contributed by atoms with Gasteiger partial charge in [-0.1, -0.05) is 0 Å². The van der Waals surface area contributed by atoms with Crippen molar-refractivity contribution < 1.29 is 13.2 Å². The van der Waals surface area contributed by atoms with Crippen molar-refractivity contribution in [3.63, 3.8) is 0 Å². The molecule has 1 saturated heterocycles. The van der Waals surface area contributed by atoms with Crippen LogP contribution in [0.15, 0.2) is 28.2 Å². The average molecular weight is 285 g/mol. The van der Waals surface area contributed by atoms with Gasteiger partial charge in [0, 0.05) is 25.0 Å². The Labute approximate surface area is 110 Å². The fourth-order valence-electron chi connectivity index (χ4n) is 1.91. The first kappa shape index (κ1) is 13.8. The Morgan fingerprint density at radius 1 is 1.26 bits per heavy atom. The summed E-state index contributed by atoms with van der Waals surface area (Å²) >= 11 is 0. The monoisotopic (exact) mass is 285 g/mol. The predicted octanol–water partition coefficient (Wildman–Crippen LogP) is -0.678. The molecule has 2 rings (SSSR count). The molecule has 1 aliphatic rings. The fraction of sp³-hybridized carbons (Fsp3) is 0.455. The van der Waals surface area contributed by atoms with Gasteiger partial charge in [0.25, 0.3) is 0 Å². The zero-order chi connectivity index (χ0) is 13.9. The number of rotatable bonds is 3. The van der Waals surface area contributed by atoms with E-state index < -0.39 is 21.5 Å². The summed E-state index contributed by atoms with van der Waals surface area (Å²) in [5.41, 5.74) is -0.611. The normalized spacial score (nSPS) is 20.6. The smallest absolute Gasteiger partial charge is 0.246 e. The molecule has 0 radical (unpaired) electrons. The molecule has 8 heteroatoms. The Kier molecular flexibility index (Phi) is 4.01. The number of nitrogens with one attached hydrogen (secondary N) is 3. The molecule has 2 heterocycles. The first-order chi connectivity index (χ1) is 9.00. The number of hydrogen-bond donors (Lipinski definition) is 3. The number of pyridine rings is 1. The van der Waals surface area contributed by atoms with Crippen LogP contribution < -0.4 is 15.5 Å². The minimum absolute atomic E-state index is 0.353. The van der Waals surface area contributed by atoms with Crippen LogP contribution >= 0.6 is 0 Å². The maximum atomic E-state index is 12.1. The molecule has 1 amide bonds. The molecule has 0 saturated carbocycles. The van der Waals surface area contributed by atoms with Crippen LogP contribution in [0.3, 0.4) is 0 Å². The van der Waals surface area contributed by atoms with Crippen molar-refractivity contribution in [1.82, 2.24) is 15.0 Å². The lowest BCUT2D eigenvalue weighted by Crippen LogP contribution is -2.46. The summed E-state index contributed by atoms with van der Waals surface area (Å²) in [5, 5.41) is 2.63. The van der Waals surface area contributed by atoms with Gasteiger partial charge in [-0.25, -0.2) is 8.42 Å². The van der Waals surface area contributed by atoms with E-state index in [-0.39, 0.29) is 10.8 Å². The Hall–Kier alpha value is -1.67. The lowest BCUT2D eigenvalue weighted by Gasteiger charge is -2.14. The summed E-state index contributed by atoms with van der Waals surface area (Å²) in [7, 11) is -3.99. The van der Waals surface area contributed by atoms with Gasteiger partial charge in [-0.3, -0.25) is 9.59 Å². The van der Waals surface area contributed by atoms with Crippen LogP contribution in [0.25, 0.3) is 0 Å². The van der Waals surface area contributed by atoms with E-state index in [2.05, 4.69) is 15.0 Å². The minimum Gasteiger partial charge on any atom is -0.366 e. The SMILES string of the molecule is O=C1NCCCCC1NS(=O)(=O)c1c[nH]ccc1=O. The second-order valence-corrected chi connectivity index (χ2v) is 6.02. The van der Waals surface area contributed by atoms with Gasteiger partial charge in [-0.05, 0) is 19.3 Å². The van der Waals surface area contributed by atoms with E-state index in [0.717, 1.165) is 25.1 Å². The van der Waals surface area contributed by atoms with Gasteiger partial charge in [0.05, 0.1) is 0 Å². The standard InChI is InChI=1S/C11H15N3O4S/c15-9-4-6-12-7-10(9)19(17,18)14-8-3-1-2-5-13-11(8)16/h4,6-8,14H,1-3,5H2,(H,12,15)(H,13,16). The zero-order valence-corrected chi connectivity index (χ0v) is 11.0. The molecule has 1 fully saturated rings. The molecule has 0 spiro atoms. The number of carbonyl (C=O) groups is 1. The van der Waals surface area contributed by atoms with E-state index >= 15 is 0 Å². The number of aromatic nitrogens is 1. The molecule has 1 aliphatic heterocycles. The van der Waals surface area contributed by atoms with Gasteiger partial charge < -0.3 is 10.3 Å². The number of amides is 1. The third-order valence-corrected chi connectivity index (χ3v) is 4.40. The van der Waals surface area contributed by atoms with E-state index in [1.165, 1.54) is 6.20 Å². The first-order valence-electron chi connectivity index (χ1n) is 5.98. The van der Waals surface area contributed by atoms with Crippen LogP contribution in [-0.2, 0) is 14.8 Å². The molecule has 1 aromatic rings. The molecule has 3 N–H and O–H groups in total. The third kappa shape index (κ3) is 3.21. The van der Waals surface area contributed by atoms with Crippen LogP contribution in [0.4, 0.5) is 0 Å². The van der Waals surface area contributed by atoms with Gasteiger partial charge in [0.1, 0.15) is 10.9 Å². The Bertz CT molecular complexity index is 623. The summed E-state index contributed by atoms with van der Waals surface area (Å²) in [4.78, 5) is 25.4. The van der Waals surface area contributed by atoms with Crippen molar-refractivity contribution in [1.29, 1.82) is 0 Å². The van der Waals surface area contributed by atoms with Crippen LogP contribution in [0, 0.1) is 0 Å². The molecule has 1 unspecified atom stereocenters. The highest BCUT2D eigenvalue weighted by molar-refractivity contribution is 7.89. The number of aromatic amines is 1. The highest BCUT2D eigenvalue weighted by atomic mass is 32.2. The summed E-state index contributed by atoms with van der Waals surface area (Å²) in [6.45, 7) is 0.545. The molecule has 19 heavy (non-hydrogen) atoms. The highest BCUT2D eigenvalue weighted by Gasteiger charge is 2.27. The van der Waals surface area contributed by atoms with Crippen LogP contribution in [0.1, 0.15) is 19.3 Å². The molecule has 0 bridgehead atoms. The predicted molar refractivity (Wildman–Crippen MR) is 68.0 cm³/mol. The van der Waals surface area contributed by atoms with E-state index in [4.69, 9.17) is 0 Å². The molecule has 1 atom stereocenters. The summed E-state index contributed by atoms with van der Waals surface area (Å²) in [5.74, 6) is -0.353. The van der Waals surface area contributed by atoms with Crippen LogP contribution in [0.5, 0.6) is 0 Å². The molecular weight excluding hydrogens is 270 g/mol. The van der Waals surface area contributed by atoms with Gasteiger partial charge in [-0.2, -0.15) is 4.72 Å². The van der Waals surface area contributed by atoms with Gasteiger partial charge in [0.15, 0.2) is 0 Å². The lowest BCUT2D eigenvalue weighted by atomic mass is 10.1. The minimum atomic E-state index is -3.99. The van der Waals surface area contributed by atoms with Crippen molar-refractivity contribution in [2.24, 2.45) is 0 Å². The molecule has 104 valence electrons. The molecule has 7 nitrogen and oxygen atoms in total. The van der Waals surface area contributed by atoms with Crippen molar-refractivity contribution in [3.05, 3.63) is 28.7 Å². The van der Waals surface area contributed by atoms with Gasteiger partial charge in [0.2, 0.25) is 21.4 Å². The first-order valence-corrected chi connectivity index (χ1v) is 7.46. The Balaban J connectivity index is 2.24. The van der Waals surface area contributed by atoms with Gasteiger partial charge in [-0.15, -0.1) is 0 Å². The fourth-order valence-corrected chi connectivity index (χ4v) is 3.20. The Morgan fingerprint density at radius 2 is 2.05 bits per heavy atom. The van der Waals surface area contributed by atoms with E-state index in [0.29, 0.717) is 13.0 Å². The Morgan fingerprint density at radius 3 is 2.79 bits per heavy atom. The second-order valence-electron chi connectivity index (χ2n) is 4.33. The highest BCUT2D eigenvalue weighted by Crippen LogP contribution is 2.09. The molecular formula is C11H15N3O4S. The quantitative estimate of drug-likeness (QED) is 0.684. The largest absolute Gasteiger partial charge is 0.366 e. The van der Waals surface area contributed by atoms with Crippen molar-refractivity contribution in [2.75, 3.05) is 6.54 Å². The number of sulfonamides is 1. The maximum Gasteiger partial charge on any atom is 0.246 e. The van der Waals surface area contributed by atoms with E-state index in [1.807, 2.05) is 0 Å². The number of H-pyrrole nitrogens is 1. The van der Waals surface area contributed by atoms with Crippen LogP contribution in [0.2, 0.25) is 0 Å². The molecule has 0 aromatic carbocycles.